The molecule has 112 valence electrons. The number of nitrogens with one attached hydrogen (secondary N) is 2. The van der Waals surface area contributed by atoms with E-state index in [9.17, 15) is 9.59 Å². The molecular weight excluding hydrogens is 242 g/mol. The van der Waals surface area contributed by atoms with E-state index in [1.807, 2.05) is 6.92 Å². The van der Waals surface area contributed by atoms with E-state index >= 15 is 0 Å². The normalized spacial score (nSPS) is 10.2. The molecule has 0 aromatic carbocycles. The number of hydrogen-bond acceptors (Lipinski definition) is 3. The van der Waals surface area contributed by atoms with Gasteiger partial charge < -0.3 is 16.4 Å². The average molecular weight is 271 g/mol. The molecule has 0 rings (SSSR count). The van der Waals surface area contributed by atoms with Gasteiger partial charge in [0.15, 0.2) is 0 Å². The van der Waals surface area contributed by atoms with E-state index in [1.54, 1.807) is 0 Å². The number of hydrogen-bond donors (Lipinski definition) is 3. The fourth-order valence-electron chi connectivity index (χ4n) is 1.80. The summed E-state index contributed by atoms with van der Waals surface area (Å²) in [5, 5.41) is 5.67. The zero-order valence-electron chi connectivity index (χ0n) is 12.2. The first-order chi connectivity index (χ1) is 9.20. The summed E-state index contributed by atoms with van der Waals surface area (Å²) < 4.78 is 0. The van der Waals surface area contributed by atoms with E-state index < -0.39 is 0 Å². The van der Waals surface area contributed by atoms with Crippen molar-refractivity contribution >= 4 is 11.8 Å². The predicted octanol–water partition coefficient (Wildman–Crippen LogP) is 1.32. The molecule has 4 N–H and O–H groups in total. The Balaban J connectivity index is 3.25. The van der Waals surface area contributed by atoms with E-state index in [0.717, 1.165) is 38.5 Å². The van der Waals surface area contributed by atoms with E-state index in [0.29, 0.717) is 32.5 Å². The lowest BCUT2D eigenvalue weighted by Crippen LogP contribution is -2.24. The molecule has 5 nitrogen and oxygen atoms in total. The van der Waals surface area contributed by atoms with Crippen LogP contribution in [0.1, 0.15) is 58.3 Å². The van der Waals surface area contributed by atoms with Crippen molar-refractivity contribution in [3.63, 3.8) is 0 Å². The highest BCUT2D eigenvalue weighted by Gasteiger charge is 2.01. The Morgan fingerprint density at radius 3 is 2.00 bits per heavy atom. The number of carbonyl (C=O) groups is 2. The van der Waals surface area contributed by atoms with Gasteiger partial charge in [0, 0.05) is 25.9 Å². The third kappa shape index (κ3) is 13.1. The van der Waals surface area contributed by atoms with Gasteiger partial charge in [-0.25, -0.2) is 0 Å². The lowest BCUT2D eigenvalue weighted by molar-refractivity contribution is -0.122. The van der Waals surface area contributed by atoms with Gasteiger partial charge in [-0.3, -0.25) is 9.59 Å². The summed E-state index contributed by atoms with van der Waals surface area (Å²) in [6, 6.07) is 0. The summed E-state index contributed by atoms with van der Waals surface area (Å²) in [5.41, 5.74) is 5.38. The van der Waals surface area contributed by atoms with Crippen LogP contribution in [0.25, 0.3) is 0 Å². The zero-order chi connectivity index (χ0) is 14.3. The van der Waals surface area contributed by atoms with Crippen molar-refractivity contribution in [2.75, 3.05) is 19.6 Å². The summed E-state index contributed by atoms with van der Waals surface area (Å²) in [4.78, 5) is 22.6. The molecule has 0 bridgehead atoms. The number of carbonyl (C=O) groups excluding carboxylic acids is 2. The van der Waals surface area contributed by atoms with Crippen LogP contribution in [-0.4, -0.2) is 31.4 Å². The first-order valence-corrected chi connectivity index (χ1v) is 7.44. The monoisotopic (exact) mass is 271 g/mol. The van der Waals surface area contributed by atoms with Crippen molar-refractivity contribution in [1.82, 2.24) is 10.6 Å². The fourth-order valence-corrected chi connectivity index (χ4v) is 1.80. The van der Waals surface area contributed by atoms with Crippen LogP contribution in [0.3, 0.4) is 0 Å². The highest BCUT2D eigenvalue weighted by molar-refractivity contribution is 5.76. The van der Waals surface area contributed by atoms with Crippen molar-refractivity contribution in [1.29, 1.82) is 0 Å². The molecule has 19 heavy (non-hydrogen) atoms. The van der Waals surface area contributed by atoms with Crippen molar-refractivity contribution in [3.8, 4) is 0 Å². The van der Waals surface area contributed by atoms with Gasteiger partial charge >= 0.3 is 0 Å². The van der Waals surface area contributed by atoms with Gasteiger partial charge in [0.05, 0.1) is 0 Å². The van der Waals surface area contributed by atoms with Gasteiger partial charge in [0.25, 0.3) is 0 Å². The standard InChI is InChI=1S/C14H29N3O2/c1-2-16-13(18)9-6-4-8-12-17-14(19)10-5-3-7-11-15/h2-12,15H2,1H3,(H,16,18)(H,17,19). The minimum absolute atomic E-state index is 0.117. The van der Waals surface area contributed by atoms with Crippen molar-refractivity contribution in [2.24, 2.45) is 5.73 Å². The maximum absolute atomic E-state index is 11.4. The van der Waals surface area contributed by atoms with Crippen molar-refractivity contribution in [2.45, 2.75) is 58.3 Å². The molecule has 0 atom stereocenters. The fraction of sp³-hybridized carbons (Fsp3) is 0.857. The molecule has 0 fully saturated rings. The summed E-state index contributed by atoms with van der Waals surface area (Å²) in [7, 11) is 0. The maximum Gasteiger partial charge on any atom is 0.219 e. The van der Waals surface area contributed by atoms with Crippen LogP contribution in [0.4, 0.5) is 0 Å². The molecule has 2 amide bonds. The first kappa shape index (κ1) is 17.9. The van der Waals surface area contributed by atoms with Gasteiger partial charge in [-0.1, -0.05) is 12.8 Å². The topological polar surface area (TPSA) is 84.2 Å². The van der Waals surface area contributed by atoms with Crippen LogP contribution < -0.4 is 16.4 Å². The number of nitrogens with two attached hydrogens (primary N) is 1. The molecule has 0 unspecified atom stereocenters. The second-order valence-electron chi connectivity index (χ2n) is 4.71. The van der Waals surface area contributed by atoms with Crippen LogP contribution in [0.2, 0.25) is 0 Å². The molecular formula is C14H29N3O2. The molecule has 0 saturated heterocycles. The van der Waals surface area contributed by atoms with Gasteiger partial charge in [-0.05, 0) is 39.2 Å². The molecule has 0 heterocycles. The van der Waals surface area contributed by atoms with Gasteiger partial charge in [0.1, 0.15) is 0 Å². The summed E-state index contributed by atoms with van der Waals surface area (Å²) in [6.45, 7) is 4.03. The lowest BCUT2D eigenvalue weighted by Gasteiger charge is -2.05. The number of rotatable bonds is 12. The van der Waals surface area contributed by atoms with E-state index in [4.69, 9.17) is 5.73 Å². The van der Waals surface area contributed by atoms with Gasteiger partial charge in [-0.15, -0.1) is 0 Å². The number of unbranched alkanes of at least 4 members (excludes halogenated alkanes) is 4. The minimum atomic E-state index is 0.117. The Morgan fingerprint density at radius 2 is 1.42 bits per heavy atom. The van der Waals surface area contributed by atoms with Crippen LogP contribution in [0.15, 0.2) is 0 Å². The quantitative estimate of drug-likeness (QED) is 0.468. The van der Waals surface area contributed by atoms with Gasteiger partial charge in [0.2, 0.25) is 11.8 Å². The molecule has 0 aliphatic rings. The molecule has 0 aromatic heterocycles. The Bertz CT molecular complexity index is 245. The second-order valence-corrected chi connectivity index (χ2v) is 4.71. The Kier molecular flexibility index (Phi) is 12.6. The van der Waals surface area contributed by atoms with Crippen LogP contribution in [0.5, 0.6) is 0 Å². The molecule has 0 radical (unpaired) electrons. The highest BCUT2D eigenvalue weighted by atomic mass is 16.2. The van der Waals surface area contributed by atoms with Crippen LogP contribution in [0, 0.1) is 0 Å². The molecule has 0 aliphatic heterocycles. The molecule has 0 spiro atoms. The van der Waals surface area contributed by atoms with E-state index in [2.05, 4.69) is 10.6 Å². The van der Waals surface area contributed by atoms with E-state index in [1.165, 1.54) is 0 Å². The summed E-state index contributed by atoms with van der Waals surface area (Å²) >= 11 is 0. The molecule has 0 saturated carbocycles. The Morgan fingerprint density at radius 1 is 0.842 bits per heavy atom. The maximum atomic E-state index is 11.4. The zero-order valence-corrected chi connectivity index (χ0v) is 12.2. The van der Waals surface area contributed by atoms with E-state index in [-0.39, 0.29) is 11.8 Å². The summed E-state index contributed by atoms with van der Waals surface area (Å²) in [6.07, 6.45) is 6.92. The van der Waals surface area contributed by atoms with Crippen molar-refractivity contribution in [3.05, 3.63) is 0 Å². The average Bonchev–Trinajstić information content (AvgIpc) is 2.39. The molecule has 0 aliphatic carbocycles. The SMILES string of the molecule is CCNC(=O)CCCCCNC(=O)CCCCCN. The predicted molar refractivity (Wildman–Crippen MR) is 77.7 cm³/mol. The number of amides is 2. The molecule has 5 heteroatoms. The van der Waals surface area contributed by atoms with Crippen molar-refractivity contribution < 1.29 is 9.59 Å². The largest absolute Gasteiger partial charge is 0.356 e. The van der Waals surface area contributed by atoms with Crippen LogP contribution in [-0.2, 0) is 9.59 Å². The third-order valence-electron chi connectivity index (χ3n) is 2.88. The van der Waals surface area contributed by atoms with Gasteiger partial charge in [-0.2, -0.15) is 0 Å². The summed E-state index contributed by atoms with van der Waals surface area (Å²) in [5.74, 6) is 0.243. The molecule has 0 aromatic rings. The van der Waals surface area contributed by atoms with Crippen LogP contribution >= 0.6 is 0 Å². The minimum Gasteiger partial charge on any atom is -0.356 e. The first-order valence-electron chi connectivity index (χ1n) is 7.44. The highest BCUT2D eigenvalue weighted by Crippen LogP contribution is 2.00. The Labute approximate surface area is 116 Å². The smallest absolute Gasteiger partial charge is 0.219 e. The Hall–Kier alpha value is -1.10. The third-order valence-corrected chi connectivity index (χ3v) is 2.88. The second kappa shape index (κ2) is 13.3. The lowest BCUT2D eigenvalue weighted by atomic mass is 10.1.